The molecule has 0 saturated heterocycles. The Morgan fingerprint density at radius 1 is 1.23 bits per heavy atom. The number of thiophene rings is 1. The van der Waals surface area contributed by atoms with Gasteiger partial charge in [-0.1, -0.05) is 0 Å². The van der Waals surface area contributed by atoms with Crippen LogP contribution in [0.3, 0.4) is 0 Å². The SMILES string of the molecule is COc1ccc(NC(=O)COC(=O)c2ccsc2)cc1S(=O)(=O)N(C)C. The molecule has 0 aliphatic carbocycles. The van der Waals surface area contributed by atoms with E-state index in [4.69, 9.17) is 9.47 Å². The molecule has 26 heavy (non-hydrogen) atoms. The number of rotatable bonds is 7. The van der Waals surface area contributed by atoms with Crippen molar-refractivity contribution in [1.82, 2.24) is 4.31 Å². The zero-order valence-corrected chi connectivity index (χ0v) is 16.0. The lowest BCUT2D eigenvalue weighted by Gasteiger charge is -2.16. The predicted molar refractivity (Wildman–Crippen MR) is 97.1 cm³/mol. The molecule has 0 atom stereocenters. The number of amides is 1. The van der Waals surface area contributed by atoms with Gasteiger partial charge in [0, 0.05) is 25.2 Å². The van der Waals surface area contributed by atoms with E-state index in [0.717, 1.165) is 4.31 Å². The molecule has 1 heterocycles. The van der Waals surface area contributed by atoms with Gasteiger partial charge in [-0.2, -0.15) is 11.3 Å². The molecule has 0 spiro atoms. The van der Waals surface area contributed by atoms with E-state index in [1.165, 1.54) is 50.7 Å². The summed E-state index contributed by atoms with van der Waals surface area (Å²) < 4.78 is 35.7. The van der Waals surface area contributed by atoms with Crippen molar-refractivity contribution in [2.45, 2.75) is 4.90 Å². The van der Waals surface area contributed by atoms with Crippen molar-refractivity contribution in [1.29, 1.82) is 0 Å². The Morgan fingerprint density at radius 3 is 2.54 bits per heavy atom. The number of carbonyl (C=O) groups excluding carboxylic acids is 2. The Kier molecular flexibility index (Phi) is 6.35. The molecule has 0 fully saturated rings. The molecule has 2 rings (SSSR count). The molecule has 0 aliphatic rings. The van der Waals surface area contributed by atoms with E-state index in [9.17, 15) is 18.0 Å². The maximum atomic E-state index is 12.4. The summed E-state index contributed by atoms with van der Waals surface area (Å²) in [5.74, 6) is -1.04. The minimum absolute atomic E-state index is 0.0851. The zero-order chi connectivity index (χ0) is 19.3. The molecular weight excluding hydrogens is 380 g/mol. The van der Waals surface area contributed by atoms with E-state index in [0.29, 0.717) is 5.56 Å². The molecule has 8 nitrogen and oxygen atoms in total. The summed E-state index contributed by atoms with van der Waals surface area (Å²) in [7, 11) is 0.378. The number of hydrogen-bond donors (Lipinski definition) is 1. The van der Waals surface area contributed by atoms with Gasteiger partial charge in [-0.3, -0.25) is 4.79 Å². The first-order chi connectivity index (χ1) is 12.3. The third kappa shape index (κ3) is 4.59. The van der Waals surface area contributed by atoms with Crippen molar-refractivity contribution in [2.75, 3.05) is 33.1 Å². The summed E-state index contributed by atoms with van der Waals surface area (Å²) in [5.41, 5.74) is 0.606. The number of nitrogens with zero attached hydrogens (tertiary/aromatic N) is 1. The van der Waals surface area contributed by atoms with Crippen LogP contribution in [0, 0.1) is 0 Å². The minimum atomic E-state index is -3.76. The number of esters is 1. The van der Waals surface area contributed by atoms with Crippen LogP contribution in [-0.2, 0) is 19.6 Å². The fourth-order valence-corrected chi connectivity index (χ4v) is 3.64. The van der Waals surface area contributed by atoms with Gasteiger partial charge in [-0.05, 0) is 29.6 Å². The van der Waals surface area contributed by atoms with Crippen LogP contribution >= 0.6 is 11.3 Å². The lowest BCUT2D eigenvalue weighted by Crippen LogP contribution is -2.24. The second-order valence-corrected chi connectivity index (χ2v) is 8.19. The normalized spacial score (nSPS) is 11.2. The van der Waals surface area contributed by atoms with Gasteiger partial charge in [0.05, 0.1) is 12.7 Å². The number of hydrogen-bond acceptors (Lipinski definition) is 7. The molecule has 0 radical (unpaired) electrons. The van der Waals surface area contributed by atoms with Crippen LogP contribution in [0.4, 0.5) is 5.69 Å². The van der Waals surface area contributed by atoms with Crippen molar-refractivity contribution in [3.05, 3.63) is 40.6 Å². The van der Waals surface area contributed by atoms with Crippen molar-refractivity contribution in [3.8, 4) is 5.75 Å². The Hall–Kier alpha value is -2.43. The number of nitrogens with one attached hydrogen (secondary N) is 1. The van der Waals surface area contributed by atoms with E-state index < -0.39 is 28.5 Å². The summed E-state index contributed by atoms with van der Waals surface area (Å²) in [5, 5.41) is 5.83. The van der Waals surface area contributed by atoms with Crippen molar-refractivity contribution >= 4 is 38.9 Å². The first-order valence-electron chi connectivity index (χ1n) is 7.35. The Morgan fingerprint density at radius 2 is 1.96 bits per heavy atom. The van der Waals surface area contributed by atoms with Crippen LogP contribution < -0.4 is 10.1 Å². The minimum Gasteiger partial charge on any atom is -0.495 e. The average Bonchev–Trinajstić information content (AvgIpc) is 3.14. The van der Waals surface area contributed by atoms with Gasteiger partial charge in [0.15, 0.2) is 6.61 Å². The van der Waals surface area contributed by atoms with Crippen molar-refractivity contribution < 1.29 is 27.5 Å². The van der Waals surface area contributed by atoms with Crippen LogP contribution in [0.25, 0.3) is 0 Å². The summed E-state index contributed by atoms with van der Waals surface area (Å²) in [4.78, 5) is 23.6. The highest BCUT2D eigenvalue weighted by atomic mass is 32.2. The van der Waals surface area contributed by atoms with Gasteiger partial charge in [-0.15, -0.1) is 0 Å². The van der Waals surface area contributed by atoms with Gasteiger partial charge >= 0.3 is 5.97 Å². The monoisotopic (exact) mass is 398 g/mol. The van der Waals surface area contributed by atoms with Crippen LogP contribution in [0.2, 0.25) is 0 Å². The summed E-state index contributed by atoms with van der Waals surface area (Å²) >= 11 is 1.34. The third-order valence-corrected chi connectivity index (χ3v) is 5.82. The first-order valence-corrected chi connectivity index (χ1v) is 9.73. The Labute approximate surface area is 155 Å². The number of sulfonamides is 1. The lowest BCUT2D eigenvalue weighted by atomic mass is 10.3. The van der Waals surface area contributed by atoms with Crippen LogP contribution in [0.1, 0.15) is 10.4 Å². The number of anilines is 1. The first kappa shape index (κ1) is 19.9. The van der Waals surface area contributed by atoms with Crippen LogP contribution in [0.5, 0.6) is 5.75 Å². The van der Waals surface area contributed by atoms with Gasteiger partial charge in [0.1, 0.15) is 10.6 Å². The molecular formula is C16H18N2O6S2. The van der Waals surface area contributed by atoms with E-state index in [1.807, 2.05) is 0 Å². The highest BCUT2D eigenvalue weighted by molar-refractivity contribution is 7.89. The van der Waals surface area contributed by atoms with Crippen molar-refractivity contribution in [3.63, 3.8) is 0 Å². The van der Waals surface area contributed by atoms with Gasteiger partial charge in [0.2, 0.25) is 10.0 Å². The van der Waals surface area contributed by atoms with E-state index in [1.54, 1.807) is 16.8 Å². The molecule has 1 aromatic heterocycles. The van der Waals surface area contributed by atoms with Gasteiger partial charge in [0.25, 0.3) is 5.91 Å². The summed E-state index contributed by atoms with van der Waals surface area (Å²) in [6.07, 6.45) is 0. The molecule has 140 valence electrons. The Balaban J connectivity index is 2.09. The molecule has 0 unspecified atom stereocenters. The third-order valence-electron chi connectivity index (χ3n) is 3.30. The summed E-state index contributed by atoms with van der Waals surface area (Å²) in [6, 6.07) is 5.80. The number of carbonyl (C=O) groups is 2. The molecule has 0 bridgehead atoms. The highest BCUT2D eigenvalue weighted by Crippen LogP contribution is 2.28. The molecule has 1 aromatic carbocycles. The highest BCUT2D eigenvalue weighted by Gasteiger charge is 2.23. The fraction of sp³-hybridized carbons (Fsp3) is 0.250. The zero-order valence-electron chi connectivity index (χ0n) is 14.4. The average molecular weight is 398 g/mol. The predicted octanol–water partition coefficient (Wildman–Crippen LogP) is 1.80. The van der Waals surface area contributed by atoms with Crippen molar-refractivity contribution in [2.24, 2.45) is 0 Å². The molecule has 1 N–H and O–H groups in total. The number of ether oxygens (including phenoxy) is 2. The smallest absolute Gasteiger partial charge is 0.339 e. The van der Waals surface area contributed by atoms with Crippen LogP contribution in [0.15, 0.2) is 39.9 Å². The van der Waals surface area contributed by atoms with Crippen LogP contribution in [-0.4, -0.2) is 52.4 Å². The quantitative estimate of drug-likeness (QED) is 0.714. The van der Waals surface area contributed by atoms with Gasteiger partial charge in [-0.25, -0.2) is 17.5 Å². The largest absolute Gasteiger partial charge is 0.495 e. The molecule has 0 saturated carbocycles. The van der Waals surface area contributed by atoms with Gasteiger partial charge < -0.3 is 14.8 Å². The maximum absolute atomic E-state index is 12.4. The van der Waals surface area contributed by atoms with E-state index in [2.05, 4.69) is 5.32 Å². The fourth-order valence-electron chi connectivity index (χ4n) is 1.94. The molecule has 1 amide bonds. The number of benzene rings is 1. The number of methoxy groups -OCH3 is 1. The molecule has 0 aliphatic heterocycles. The Bertz CT molecular complexity index is 891. The van der Waals surface area contributed by atoms with E-state index >= 15 is 0 Å². The van der Waals surface area contributed by atoms with E-state index in [-0.39, 0.29) is 16.3 Å². The topological polar surface area (TPSA) is 102 Å². The maximum Gasteiger partial charge on any atom is 0.339 e. The standard InChI is InChI=1S/C16H18N2O6S2/c1-18(2)26(21,22)14-8-12(4-5-13(14)23-3)17-15(19)9-24-16(20)11-6-7-25-10-11/h4-8,10H,9H2,1-3H3,(H,17,19). The molecule has 2 aromatic rings. The summed E-state index contributed by atoms with van der Waals surface area (Å²) in [6.45, 7) is -0.490. The second-order valence-electron chi connectivity index (χ2n) is 5.29. The lowest BCUT2D eigenvalue weighted by molar-refractivity contribution is -0.119. The molecule has 10 heteroatoms. The second kappa shape index (κ2) is 8.30.